The molecule has 0 aromatic heterocycles. The summed E-state index contributed by atoms with van der Waals surface area (Å²) in [5.74, 6) is 1.19. The molecule has 104 valence electrons. The fourth-order valence-corrected chi connectivity index (χ4v) is 2.54. The van der Waals surface area contributed by atoms with Gasteiger partial charge in [0.25, 0.3) is 0 Å². The first-order chi connectivity index (χ1) is 9.35. The Balaban J connectivity index is 1.92. The van der Waals surface area contributed by atoms with Crippen LogP contribution >= 0.6 is 0 Å². The molecule has 0 spiro atoms. The minimum absolute atomic E-state index is 0.549. The third-order valence-corrected chi connectivity index (χ3v) is 3.62. The lowest BCUT2D eigenvalue weighted by atomic mass is 10.1. The van der Waals surface area contributed by atoms with Crippen molar-refractivity contribution in [1.82, 2.24) is 0 Å². The number of nitrogens with one attached hydrogen (secondary N) is 1. The SMILES string of the molecule is COc1cccc(C=O)c1OCC[NH+]1CCCCC1. The number of benzene rings is 1. The Morgan fingerprint density at radius 1 is 1.26 bits per heavy atom. The number of ether oxygens (including phenoxy) is 2. The minimum Gasteiger partial charge on any atom is -0.493 e. The zero-order valence-corrected chi connectivity index (χ0v) is 11.5. The molecule has 0 amide bonds. The van der Waals surface area contributed by atoms with Gasteiger partial charge in [-0.3, -0.25) is 4.79 Å². The molecule has 4 nitrogen and oxygen atoms in total. The van der Waals surface area contributed by atoms with Crippen LogP contribution in [-0.4, -0.2) is 39.6 Å². The number of quaternary nitrogens is 1. The molecule has 1 fully saturated rings. The van der Waals surface area contributed by atoms with Crippen molar-refractivity contribution in [1.29, 1.82) is 0 Å². The smallest absolute Gasteiger partial charge is 0.171 e. The predicted octanol–water partition coefficient (Wildman–Crippen LogP) is 0.955. The molecule has 1 aliphatic heterocycles. The van der Waals surface area contributed by atoms with Crippen LogP contribution in [0.15, 0.2) is 18.2 Å². The topological polar surface area (TPSA) is 40.0 Å². The molecule has 0 radical (unpaired) electrons. The molecule has 0 atom stereocenters. The van der Waals surface area contributed by atoms with E-state index in [9.17, 15) is 4.79 Å². The normalized spacial score (nSPS) is 16.1. The molecule has 1 N–H and O–H groups in total. The summed E-state index contributed by atoms with van der Waals surface area (Å²) in [4.78, 5) is 12.6. The van der Waals surface area contributed by atoms with E-state index in [2.05, 4.69) is 0 Å². The summed E-state index contributed by atoms with van der Waals surface area (Å²) in [6, 6.07) is 5.36. The van der Waals surface area contributed by atoms with Crippen LogP contribution in [0, 0.1) is 0 Å². The molecule has 0 unspecified atom stereocenters. The van der Waals surface area contributed by atoms with Gasteiger partial charge in [-0.2, -0.15) is 0 Å². The molecule has 2 rings (SSSR count). The van der Waals surface area contributed by atoms with Crippen molar-refractivity contribution < 1.29 is 19.2 Å². The Labute approximate surface area is 114 Å². The zero-order chi connectivity index (χ0) is 13.5. The summed E-state index contributed by atoms with van der Waals surface area (Å²) in [6.45, 7) is 4.07. The van der Waals surface area contributed by atoms with E-state index in [-0.39, 0.29) is 0 Å². The predicted molar refractivity (Wildman–Crippen MR) is 73.3 cm³/mol. The van der Waals surface area contributed by atoms with Crippen molar-refractivity contribution in [3.63, 3.8) is 0 Å². The number of para-hydroxylation sites is 1. The number of likely N-dealkylation sites (tertiary alicyclic amines) is 1. The monoisotopic (exact) mass is 264 g/mol. The molecular weight excluding hydrogens is 242 g/mol. The Kier molecular flexibility index (Phi) is 5.21. The van der Waals surface area contributed by atoms with Crippen LogP contribution in [0.3, 0.4) is 0 Å². The van der Waals surface area contributed by atoms with Gasteiger partial charge in [-0.15, -0.1) is 0 Å². The van der Waals surface area contributed by atoms with Gasteiger partial charge in [0.15, 0.2) is 17.8 Å². The maximum absolute atomic E-state index is 11.0. The van der Waals surface area contributed by atoms with Gasteiger partial charge in [-0.1, -0.05) is 6.07 Å². The fourth-order valence-electron chi connectivity index (χ4n) is 2.54. The van der Waals surface area contributed by atoms with Crippen molar-refractivity contribution in [2.45, 2.75) is 19.3 Å². The van der Waals surface area contributed by atoms with Crippen LogP contribution in [0.25, 0.3) is 0 Å². The number of methoxy groups -OCH3 is 1. The van der Waals surface area contributed by atoms with Gasteiger partial charge in [-0.05, 0) is 31.4 Å². The van der Waals surface area contributed by atoms with Crippen molar-refractivity contribution in [3.8, 4) is 11.5 Å². The van der Waals surface area contributed by atoms with Gasteiger partial charge in [0, 0.05) is 0 Å². The van der Waals surface area contributed by atoms with E-state index in [1.807, 2.05) is 6.07 Å². The average Bonchev–Trinajstić information content (AvgIpc) is 2.48. The first-order valence-electron chi connectivity index (χ1n) is 6.93. The maximum Gasteiger partial charge on any atom is 0.171 e. The average molecular weight is 264 g/mol. The van der Waals surface area contributed by atoms with Crippen LogP contribution < -0.4 is 14.4 Å². The van der Waals surface area contributed by atoms with E-state index in [1.165, 1.54) is 32.4 Å². The van der Waals surface area contributed by atoms with Gasteiger partial charge in [0.05, 0.1) is 25.8 Å². The number of aldehydes is 1. The van der Waals surface area contributed by atoms with Crippen molar-refractivity contribution in [2.75, 3.05) is 33.4 Å². The zero-order valence-electron chi connectivity index (χ0n) is 11.5. The summed E-state index contributed by atoms with van der Waals surface area (Å²) >= 11 is 0. The van der Waals surface area contributed by atoms with Gasteiger partial charge in [-0.25, -0.2) is 0 Å². The summed E-state index contributed by atoms with van der Waals surface area (Å²) < 4.78 is 11.0. The third-order valence-electron chi connectivity index (χ3n) is 3.62. The molecule has 0 aliphatic carbocycles. The molecule has 0 bridgehead atoms. The third kappa shape index (κ3) is 3.70. The summed E-state index contributed by atoms with van der Waals surface area (Å²) in [5, 5.41) is 0. The summed E-state index contributed by atoms with van der Waals surface area (Å²) in [5.41, 5.74) is 0.549. The molecular formula is C15H22NO3+. The Morgan fingerprint density at radius 3 is 2.74 bits per heavy atom. The van der Waals surface area contributed by atoms with Gasteiger partial charge in [0.2, 0.25) is 0 Å². The lowest BCUT2D eigenvalue weighted by molar-refractivity contribution is -0.904. The largest absolute Gasteiger partial charge is 0.493 e. The first-order valence-corrected chi connectivity index (χ1v) is 6.93. The number of piperidine rings is 1. The van der Waals surface area contributed by atoms with Crippen molar-refractivity contribution in [2.24, 2.45) is 0 Å². The Hall–Kier alpha value is -1.55. The van der Waals surface area contributed by atoms with Gasteiger partial charge in [0.1, 0.15) is 13.2 Å². The number of carbonyl (C=O) groups is 1. The van der Waals surface area contributed by atoms with Crippen LogP contribution in [-0.2, 0) is 0 Å². The molecule has 19 heavy (non-hydrogen) atoms. The van der Waals surface area contributed by atoms with Crippen LogP contribution in [0.5, 0.6) is 11.5 Å². The summed E-state index contributed by atoms with van der Waals surface area (Å²) in [7, 11) is 1.59. The Morgan fingerprint density at radius 2 is 2.05 bits per heavy atom. The van der Waals surface area contributed by atoms with Crippen molar-refractivity contribution in [3.05, 3.63) is 23.8 Å². The second kappa shape index (κ2) is 7.14. The molecule has 0 saturated carbocycles. The minimum atomic E-state index is 0.549. The highest BCUT2D eigenvalue weighted by Crippen LogP contribution is 2.29. The van der Waals surface area contributed by atoms with Gasteiger partial charge >= 0.3 is 0 Å². The van der Waals surface area contributed by atoms with Crippen LogP contribution in [0.4, 0.5) is 0 Å². The highest BCUT2D eigenvalue weighted by molar-refractivity contribution is 5.81. The molecule has 1 aromatic rings. The van der Waals surface area contributed by atoms with E-state index in [1.54, 1.807) is 24.1 Å². The maximum atomic E-state index is 11.0. The second-order valence-corrected chi connectivity index (χ2v) is 4.91. The first kappa shape index (κ1) is 13.9. The number of carbonyl (C=O) groups excluding carboxylic acids is 1. The second-order valence-electron chi connectivity index (χ2n) is 4.91. The van der Waals surface area contributed by atoms with Crippen LogP contribution in [0.1, 0.15) is 29.6 Å². The molecule has 1 saturated heterocycles. The van der Waals surface area contributed by atoms with E-state index < -0.39 is 0 Å². The highest BCUT2D eigenvalue weighted by atomic mass is 16.5. The summed E-state index contributed by atoms with van der Waals surface area (Å²) in [6.07, 6.45) is 4.78. The number of rotatable bonds is 6. The lowest BCUT2D eigenvalue weighted by Gasteiger charge is -2.23. The number of hydrogen-bond acceptors (Lipinski definition) is 3. The fraction of sp³-hybridized carbons (Fsp3) is 0.533. The quantitative estimate of drug-likeness (QED) is 0.778. The molecule has 4 heteroatoms. The van der Waals surface area contributed by atoms with E-state index in [0.29, 0.717) is 23.7 Å². The molecule has 1 aliphatic rings. The molecule has 1 aromatic carbocycles. The van der Waals surface area contributed by atoms with Crippen LogP contribution in [0.2, 0.25) is 0 Å². The van der Waals surface area contributed by atoms with E-state index >= 15 is 0 Å². The standard InChI is InChI=1S/C15H21NO3/c1-18-14-7-5-6-13(12-17)15(14)19-11-10-16-8-3-2-4-9-16/h5-7,12H,2-4,8-11H2,1H3/p+1. The molecule has 1 heterocycles. The van der Waals surface area contributed by atoms with E-state index in [0.717, 1.165) is 12.8 Å². The van der Waals surface area contributed by atoms with Gasteiger partial charge < -0.3 is 14.4 Å². The van der Waals surface area contributed by atoms with Crippen molar-refractivity contribution >= 4 is 6.29 Å². The lowest BCUT2D eigenvalue weighted by Crippen LogP contribution is -3.13. The number of hydrogen-bond donors (Lipinski definition) is 1. The Bertz CT molecular complexity index is 414. The van der Waals surface area contributed by atoms with E-state index in [4.69, 9.17) is 9.47 Å². The highest BCUT2D eigenvalue weighted by Gasteiger charge is 2.15.